The molecule has 0 unspecified atom stereocenters. The van der Waals surface area contributed by atoms with Gasteiger partial charge in [-0.15, -0.1) is 0 Å². The molecule has 104 valence electrons. The van der Waals surface area contributed by atoms with E-state index in [4.69, 9.17) is 5.21 Å². The van der Waals surface area contributed by atoms with E-state index in [1.165, 1.54) is 0 Å². The van der Waals surface area contributed by atoms with E-state index in [0.717, 1.165) is 22.3 Å². The van der Waals surface area contributed by atoms with Gasteiger partial charge in [0, 0.05) is 22.7 Å². The number of nitrogens with one attached hydrogen (secondary N) is 1. The Morgan fingerprint density at radius 1 is 1.10 bits per heavy atom. The van der Waals surface area contributed by atoms with Gasteiger partial charge in [0.15, 0.2) is 5.43 Å². The second kappa shape index (κ2) is 5.25. The summed E-state index contributed by atoms with van der Waals surface area (Å²) in [6.07, 6.45) is 0. The predicted molar refractivity (Wildman–Crippen MR) is 84.0 cm³/mol. The van der Waals surface area contributed by atoms with Gasteiger partial charge in [0.25, 0.3) is 0 Å². The first kappa shape index (κ1) is 13.1. The van der Waals surface area contributed by atoms with E-state index >= 15 is 0 Å². The van der Waals surface area contributed by atoms with Crippen LogP contribution in [-0.4, -0.2) is 15.9 Å². The summed E-state index contributed by atoms with van der Waals surface area (Å²) in [4.78, 5) is 15.6. The summed E-state index contributed by atoms with van der Waals surface area (Å²) in [5.74, 6) is 0. The average molecular weight is 278 g/mol. The van der Waals surface area contributed by atoms with E-state index in [1.54, 1.807) is 19.1 Å². The normalized spacial score (nSPS) is 11.8. The van der Waals surface area contributed by atoms with E-state index < -0.39 is 0 Å². The minimum absolute atomic E-state index is 0.0600. The van der Waals surface area contributed by atoms with Crippen LogP contribution in [0.25, 0.3) is 22.2 Å². The second-order valence-corrected chi connectivity index (χ2v) is 4.86. The van der Waals surface area contributed by atoms with Crippen molar-refractivity contribution in [2.24, 2.45) is 5.16 Å². The maximum Gasteiger partial charge on any atom is 0.190 e. The van der Waals surface area contributed by atoms with Crippen LogP contribution < -0.4 is 5.43 Å². The van der Waals surface area contributed by atoms with Gasteiger partial charge in [0.1, 0.15) is 0 Å². The van der Waals surface area contributed by atoms with Gasteiger partial charge in [-0.3, -0.25) is 4.79 Å². The Morgan fingerprint density at radius 2 is 1.86 bits per heavy atom. The van der Waals surface area contributed by atoms with Crippen molar-refractivity contribution in [2.75, 3.05) is 0 Å². The highest BCUT2D eigenvalue weighted by molar-refractivity contribution is 6.01. The average Bonchev–Trinajstić information content (AvgIpc) is 2.54. The van der Waals surface area contributed by atoms with Crippen molar-refractivity contribution < 1.29 is 5.21 Å². The zero-order valence-electron chi connectivity index (χ0n) is 11.5. The quantitative estimate of drug-likeness (QED) is 0.428. The van der Waals surface area contributed by atoms with Crippen molar-refractivity contribution in [3.8, 4) is 11.3 Å². The van der Waals surface area contributed by atoms with E-state index in [2.05, 4.69) is 10.1 Å². The maximum atomic E-state index is 12.3. The number of pyridine rings is 1. The Bertz CT molecular complexity index is 880. The molecule has 0 amide bonds. The smallest absolute Gasteiger partial charge is 0.190 e. The molecule has 0 aliphatic carbocycles. The summed E-state index contributed by atoms with van der Waals surface area (Å²) < 4.78 is 0. The third-order valence-electron chi connectivity index (χ3n) is 3.48. The Hall–Kier alpha value is -2.88. The van der Waals surface area contributed by atoms with Crippen LogP contribution in [0.4, 0.5) is 0 Å². The Kier molecular flexibility index (Phi) is 3.28. The van der Waals surface area contributed by atoms with E-state index in [9.17, 15) is 4.79 Å². The number of oxime groups is 1. The third kappa shape index (κ3) is 2.43. The van der Waals surface area contributed by atoms with Gasteiger partial charge in [-0.05, 0) is 30.2 Å². The molecular formula is C17H14N2O2. The molecule has 0 atom stereocenters. The summed E-state index contributed by atoms with van der Waals surface area (Å²) in [5.41, 5.74) is 3.65. The van der Waals surface area contributed by atoms with Crippen molar-refractivity contribution in [3.63, 3.8) is 0 Å². The molecule has 4 nitrogen and oxygen atoms in total. The molecule has 0 fully saturated rings. The number of aromatic nitrogens is 1. The molecule has 2 N–H and O–H groups in total. The molecule has 4 heteroatoms. The van der Waals surface area contributed by atoms with Gasteiger partial charge >= 0.3 is 0 Å². The molecule has 0 saturated carbocycles. The van der Waals surface area contributed by atoms with Crippen LogP contribution in [0.2, 0.25) is 0 Å². The largest absolute Gasteiger partial charge is 0.411 e. The number of aromatic amines is 1. The number of hydrogen-bond donors (Lipinski definition) is 2. The monoisotopic (exact) mass is 278 g/mol. The molecule has 2 aromatic carbocycles. The zero-order chi connectivity index (χ0) is 14.8. The number of H-pyrrole nitrogens is 1. The molecule has 3 aromatic rings. The highest BCUT2D eigenvalue weighted by atomic mass is 16.4. The Balaban J connectivity index is 2.21. The molecule has 21 heavy (non-hydrogen) atoms. The summed E-state index contributed by atoms with van der Waals surface area (Å²) in [7, 11) is 0. The van der Waals surface area contributed by atoms with Gasteiger partial charge in [0.2, 0.25) is 0 Å². The van der Waals surface area contributed by atoms with Crippen molar-refractivity contribution in [1.29, 1.82) is 0 Å². The first-order valence-electron chi connectivity index (χ1n) is 6.60. The van der Waals surface area contributed by atoms with Gasteiger partial charge in [-0.1, -0.05) is 41.6 Å². The molecule has 0 spiro atoms. The van der Waals surface area contributed by atoms with Crippen LogP contribution in [0.3, 0.4) is 0 Å². The maximum absolute atomic E-state index is 12.3. The molecule has 0 saturated heterocycles. The summed E-state index contributed by atoms with van der Waals surface area (Å²) >= 11 is 0. The molecule has 0 aliphatic heterocycles. The fourth-order valence-corrected chi connectivity index (χ4v) is 2.30. The van der Waals surface area contributed by atoms with Gasteiger partial charge in [0.05, 0.1) is 5.71 Å². The standard InChI is InChI=1S/C17H14N2O2/c1-11(19-21)13-7-8-15-14(9-13)17(20)10-16(18-15)12-5-3-2-4-6-12/h2-10,21H,1H3,(H,18,20). The number of benzene rings is 2. The summed E-state index contributed by atoms with van der Waals surface area (Å²) in [5, 5.41) is 12.6. The second-order valence-electron chi connectivity index (χ2n) is 4.86. The molecule has 0 bridgehead atoms. The lowest BCUT2D eigenvalue weighted by Gasteiger charge is -2.06. The SMILES string of the molecule is CC(=NO)c1ccc2[nH]c(-c3ccccc3)cc(=O)c2c1. The lowest BCUT2D eigenvalue weighted by molar-refractivity contribution is 0.319. The first-order chi connectivity index (χ1) is 10.2. The van der Waals surface area contributed by atoms with Crippen LogP contribution in [0.15, 0.2) is 64.5 Å². The number of fused-ring (bicyclic) bond motifs is 1. The van der Waals surface area contributed by atoms with Crippen LogP contribution in [0.5, 0.6) is 0 Å². The fourth-order valence-electron chi connectivity index (χ4n) is 2.30. The van der Waals surface area contributed by atoms with Crippen LogP contribution >= 0.6 is 0 Å². The minimum atomic E-state index is -0.0600. The highest BCUT2D eigenvalue weighted by Gasteiger charge is 2.06. The minimum Gasteiger partial charge on any atom is -0.411 e. The molecule has 0 aliphatic rings. The summed E-state index contributed by atoms with van der Waals surface area (Å²) in [6.45, 7) is 1.69. The molecule has 3 rings (SSSR count). The van der Waals surface area contributed by atoms with Crippen LogP contribution in [0.1, 0.15) is 12.5 Å². The number of rotatable bonds is 2. The zero-order valence-corrected chi connectivity index (χ0v) is 11.5. The predicted octanol–water partition coefficient (Wildman–Crippen LogP) is 3.39. The van der Waals surface area contributed by atoms with Crippen molar-refractivity contribution in [2.45, 2.75) is 6.92 Å². The molecular weight excluding hydrogens is 264 g/mol. The molecule has 0 radical (unpaired) electrons. The van der Waals surface area contributed by atoms with Gasteiger partial charge < -0.3 is 10.2 Å². The van der Waals surface area contributed by atoms with E-state index in [0.29, 0.717) is 11.1 Å². The van der Waals surface area contributed by atoms with Crippen LogP contribution in [0, 0.1) is 0 Å². The lowest BCUT2D eigenvalue weighted by Crippen LogP contribution is -2.05. The van der Waals surface area contributed by atoms with Crippen molar-refractivity contribution in [1.82, 2.24) is 4.98 Å². The lowest BCUT2D eigenvalue weighted by atomic mass is 10.1. The highest BCUT2D eigenvalue weighted by Crippen LogP contribution is 2.19. The third-order valence-corrected chi connectivity index (χ3v) is 3.48. The number of hydrogen-bond acceptors (Lipinski definition) is 3. The van der Waals surface area contributed by atoms with Crippen LogP contribution in [-0.2, 0) is 0 Å². The Labute approximate surface area is 121 Å². The van der Waals surface area contributed by atoms with Gasteiger partial charge in [-0.2, -0.15) is 0 Å². The Morgan fingerprint density at radius 3 is 2.57 bits per heavy atom. The fraction of sp³-hybridized carbons (Fsp3) is 0.0588. The van der Waals surface area contributed by atoms with Gasteiger partial charge in [-0.25, -0.2) is 0 Å². The molecule has 1 aromatic heterocycles. The number of nitrogens with zero attached hydrogens (tertiary/aromatic N) is 1. The first-order valence-corrected chi connectivity index (χ1v) is 6.60. The summed E-state index contributed by atoms with van der Waals surface area (Å²) in [6, 6.07) is 16.7. The topological polar surface area (TPSA) is 65.5 Å². The van der Waals surface area contributed by atoms with E-state index in [-0.39, 0.29) is 5.43 Å². The van der Waals surface area contributed by atoms with E-state index in [1.807, 2.05) is 42.5 Å². The van der Waals surface area contributed by atoms with Crippen molar-refractivity contribution >= 4 is 16.6 Å². The van der Waals surface area contributed by atoms with Crippen molar-refractivity contribution in [3.05, 3.63) is 70.4 Å². The molecule has 1 heterocycles.